The Kier molecular flexibility index (Phi) is 7.62. The number of ether oxygens (including phenoxy) is 2. The first-order valence-corrected chi connectivity index (χ1v) is 11.8. The quantitative estimate of drug-likeness (QED) is 0.559. The van der Waals surface area contributed by atoms with Gasteiger partial charge in [-0.25, -0.2) is 4.98 Å². The van der Waals surface area contributed by atoms with Crippen LogP contribution in [0.3, 0.4) is 0 Å². The Labute approximate surface area is 214 Å². The first-order valence-electron chi connectivity index (χ1n) is 11.0. The molecule has 34 heavy (non-hydrogen) atoms. The standard InChI is InChI=1S/C24H24N4O3S.2ClH/c29-24(21-12-17-13-25-22-6-3-7-23(32-21)28(17)22)26-16-8-10-27(11-9-16)14-18-15-30-19-4-1-2-5-20(19)31-18;;/h1-7,12-13,16,18H,8-11,14-15H2,(H,26,29);2*1H. The second kappa shape index (κ2) is 10.5. The number of carbonyl (C=O) groups excluding carboxylic acids is 1. The number of rotatable bonds is 4. The van der Waals surface area contributed by atoms with E-state index in [1.165, 1.54) is 11.8 Å². The molecule has 1 aromatic carbocycles. The van der Waals surface area contributed by atoms with Crippen molar-refractivity contribution in [2.75, 3.05) is 26.2 Å². The number of likely N-dealkylation sites (tertiary alicyclic amines) is 1. The normalized spacial score (nSPS) is 19.5. The van der Waals surface area contributed by atoms with Gasteiger partial charge in [-0.15, -0.1) is 24.8 Å². The highest BCUT2D eigenvalue weighted by atomic mass is 35.5. The molecule has 5 heterocycles. The average Bonchev–Trinajstić information content (AvgIpc) is 3.25. The average molecular weight is 521 g/mol. The number of amides is 1. The van der Waals surface area contributed by atoms with Crippen molar-refractivity contribution in [3.05, 3.63) is 59.3 Å². The van der Waals surface area contributed by atoms with Crippen molar-refractivity contribution in [1.29, 1.82) is 0 Å². The Morgan fingerprint density at radius 1 is 1.09 bits per heavy atom. The summed E-state index contributed by atoms with van der Waals surface area (Å²) in [6.07, 6.45) is 5.65. The van der Waals surface area contributed by atoms with Gasteiger partial charge in [0, 0.05) is 25.7 Å². The maximum absolute atomic E-state index is 13.0. The van der Waals surface area contributed by atoms with Crippen molar-refractivity contribution in [2.24, 2.45) is 0 Å². The van der Waals surface area contributed by atoms with Crippen LogP contribution in [0.15, 0.2) is 58.6 Å². The predicted octanol–water partition coefficient (Wildman–Crippen LogP) is 4.05. The molecule has 180 valence electrons. The van der Waals surface area contributed by atoms with Crippen LogP contribution in [0.2, 0.25) is 0 Å². The van der Waals surface area contributed by atoms with E-state index in [0.29, 0.717) is 6.61 Å². The molecule has 0 spiro atoms. The van der Waals surface area contributed by atoms with Gasteiger partial charge in [0.1, 0.15) is 18.4 Å². The van der Waals surface area contributed by atoms with Crippen LogP contribution < -0.4 is 14.8 Å². The van der Waals surface area contributed by atoms with Crippen molar-refractivity contribution in [3.8, 4) is 11.5 Å². The summed E-state index contributed by atoms with van der Waals surface area (Å²) in [7, 11) is 0. The molecule has 3 aliphatic heterocycles. The minimum absolute atomic E-state index is 0. The highest BCUT2D eigenvalue weighted by Gasteiger charge is 2.28. The third kappa shape index (κ3) is 4.86. The first kappa shape index (κ1) is 24.7. The summed E-state index contributed by atoms with van der Waals surface area (Å²) >= 11 is 1.50. The number of thioether (sulfide) groups is 1. The molecule has 6 rings (SSSR count). The van der Waals surface area contributed by atoms with Crippen LogP contribution in [0.5, 0.6) is 11.5 Å². The number of halogens is 2. The van der Waals surface area contributed by atoms with E-state index in [9.17, 15) is 4.79 Å². The molecule has 3 aromatic rings. The first-order chi connectivity index (χ1) is 15.7. The number of nitrogens with one attached hydrogen (secondary N) is 1. The number of benzene rings is 1. The number of pyridine rings is 1. The lowest BCUT2D eigenvalue weighted by Gasteiger charge is -2.36. The van der Waals surface area contributed by atoms with Gasteiger partial charge in [0.25, 0.3) is 5.91 Å². The molecule has 1 unspecified atom stereocenters. The maximum Gasteiger partial charge on any atom is 0.258 e. The molecule has 1 atom stereocenters. The molecule has 1 saturated heterocycles. The summed E-state index contributed by atoms with van der Waals surface area (Å²) in [5, 5.41) is 4.26. The second-order valence-corrected chi connectivity index (χ2v) is 9.46. The number of para-hydroxylation sites is 2. The number of hydrogen-bond donors (Lipinski definition) is 1. The van der Waals surface area contributed by atoms with Gasteiger partial charge in [-0.05, 0) is 43.2 Å². The number of nitrogens with zero attached hydrogens (tertiary/aromatic N) is 3. The lowest BCUT2D eigenvalue weighted by atomic mass is 10.0. The van der Waals surface area contributed by atoms with Gasteiger partial charge in [-0.3, -0.25) is 14.1 Å². The molecule has 0 aliphatic carbocycles. The zero-order valence-electron chi connectivity index (χ0n) is 18.4. The Balaban J connectivity index is 0.00000137. The molecule has 7 nitrogen and oxygen atoms in total. The summed E-state index contributed by atoms with van der Waals surface area (Å²) in [5.74, 6) is 1.64. The second-order valence-electron chi connectivity index (χ2n) is 8.40. The third-order valence-electron chi connectivity index (χ3n) is 6.19. The Morgan fingerprint density at radius 3 is 2.71 bits per heavy atom. The van der Waals surface area contributed by atoms with Gasteiger partial charge in [-0.1, -0.05) is 30.0 Å². The number of aromatic nitrogens is 2. The van der Waals surface area contributed by atoms with Crippen LogP contribution in [-0.2, 0) is 4.79 Å². The zero-order chi connectivity index (χ0) is 21.5. The summed E-state index contributed by atoms with van der Waals surface area (Å²) in [5.41, 5.74) is 1.86. The van der Waals surface area contributed by atoms with Crippen LogP contribution in [0.1, 0.15) is 18.5 Å². The number of imidazole rings is 1. The van der Waals surface area contributed by atoms with Crippen molar-refractivity contribution < 1.29 is 14.3 Å². The fourth-order valence-electron chi connectivity index (χ4n) is 4.56. The zero-order valence-corrected chi connectivity index (χ0v) is 20.8. The topological polar surface area (TPSA) is 68.1 Å². The van der Waals surface area contributed by atoms with E-state index in [-0.39, 0.29) is 42.9 Å². The molecule has 10 heteroatoms. The van der Waals surface area contributed by atoms with E-state index >= 15 is 0 Å². The predicted molar refractivity (Wildman–Crippen MR) is 137 cm³/mol. The third-order valence-corrected chi connectivity index (χ3v) is 7.24. The highest BCUT2D eigenvalue weighted by molar-refractivity contribution is 8.04. The van der Waals surface area contributed by atoms with Gasteiger partial charge in [0.05, 0.1) is 21.8 Å². The van der Waals surface area contributed by atoms with Gasteiger partial charge in [-0.2, -0.15) is 0 Å². The summed E-state index contributed by atoms with van der Waals surface area (Å²) in [6, 6.07) is 14.0. The lowest BCUT2D eigenvalue weighted by molar-refractivity contribution is -0.117. The molecule has 0 bridgehead atoms. The van der Waals surface area contributed by atoms with Crippen molar-refractivity contribution in [2.45, 2.75) is 30.0 Å². The molecule has 1 amide bonds. The van der Waals surface area contributed by atoms with Crippen LogP contribution >= 0.6 is 36.6 Å². The van der Waals surface area contributed by atoms with Gasteiger partial charge in [0.2, 0.25) is 0 Å². The number of fused-ring (bicyclic) bond motifs is 1. The molecular weight excluding hydrogens is 495 g/mol. The van der Waals surface area contributed by atoms with E-state index < -0.39 is 0 Å². The van der Waals surface area contributed by atoms with Crippen LogP contribution in [0, 0.1) is 0 Å². The van der Waals surface area contributed by atoms with E-state index in [1.54, 1.807) is 0 Å². The maximum atomic E-state index is 13.0. The molecule has 2 aromatic heterocycles. The SMILES string of the molecule is Cl.Cl.O=C(NC1CCN(CC2COc3ccccc3O2)CC1)C1=Cc2cnc3cccc(n23)S1. The van der Waals surface area contributed by atoms with Gasteiger partial charge in [0.15, 0.2) is 11.5 Å². The molecule has 1 fully saturated rings. The monoisotopic (exact) mass is 520 g/mol. The van der Waals surface area contributed by atoms with Crippen LogP contribution in [0.25, 0.3) is 11.7 Å². The van der Waals surface area contributed by atoms with E-state index in [0.717, 1.165) is 65.2 Å². The van der Waals surface area contributed by atoms with Gasteiger partial charge >= 0.3 is 0 Å². The van der Waals surface area contributed by atoms with Crippen molar-refractivity contribution >= 4 is 54.2 Å². The largest absolute Gasteiger partial charge is 0.486 e. The molecule has 1 N–H and O–H groups in total. The number of piperidine rings is 1. The molecular formula is C24H26Cl2N4O3S. The summed E-state index contributed by atoms with van der Waals surface area (Å²) in [6.45, 7) is 3.28. The smallest absolute Gasteiger partial charge is 0.258 e. The summed E-state index contributed by atoms with van der Waals surface area (Å²) in [4.78, 5) is 20.5. The van der Waals surface area contributed by atoms with E-state index in [1.807, 2.05) is 54.7 Å². The minimum Gasteiger partial charge on any atom is -0.486 e. The molecule has 0 saturated carbocycles. The Bertz CT molecular complexity index is 1210. The Morgan fingerprint density at radius 2 is 1.88 bits per heavy atom. The minimum atomic E-state index is -0.00137. The number of hydrogen-bond acceptors (Lipinski definition) is 6. The van der Waals surface area contributed by atoms with Gasteiger partial charge < -0.3 is 14.8 Å². The fourth-order valence-corrected chi connectivity index (χ4v) is 5.55. The molecule has 0 radical (unpaired) electrons. The van der Waals surface area contributed by atoms with Crippen molar-refractivity contribution in [3.63, 3.8) is 0 Å². The van der Waals surface area contributed by atoms with Crippen LogP contribution in [-0.4, -0.2) is 58.6 Å². The lowest BCUT2D eigenvalue weighted by Crippen LogP contribution is -2.48. The van der Waals surface area contributed by atoms with Crippen molar-refractivity contribution in [1.82, 2.24) is 19.6 Å². The van der Waals surface area contributed by atoms with E-state index in [2.05, 4.69) is 19.6 Å². The molecule has 3 aliphatic rings. The van der Waals surface area contributed by atoms with Crippen LogP contribution in [0.4, 0.5) is 0 Å². The van der Waals surface area contributed by atoms with E-state index in [4.69, 9.17) is 9.47 Å². The highest BCUT2D eigenvalue weighted by Crippen LogP contribution is 2.35. The fraction of sp³-hybridized carbons (Fsp3) is 0.333. The Hall–Kier alpha value is -2.39. The summed E-state index contributed by atoms with van der Waals surface area (Å²) < 4.78 is 14.0. The number of carbonyl (C=O) groups is 1.